The van der Waals surface area contributed by atoms with Crippen LogP contribution in [0, 0.1) is 6.92 Å². The van der Waals surface area contributed by atoms with Crippen molar-refractivity contribution >= 4 is 23.2 Å². The Hall–Kier alpha value is -1.63. The van der Waals surface area contributed by atoms with Gasteiger partial charge in [-0.15, -0.1) is 0 Å². The number of hydrogen-bond donors (Lipinski definition) is 0. The fourth-order valence-corrected chi connectivity index (χ4v) is 1.93. The molecular formula is C10H14N2O4S. The summed E-state index contributed by atoms with van der Waals surface area (Å²) in [6.45, 7) is 1.58. The molecule has 1 rings (SSSR count). The molecule has 0 saturated heterocycles. The number of ether oxygens (including phenoxy) is 1. The van der Waals surface area contributed by atoms with Gasteiger partial charge in [0.15, 0.2) is 0 Å². The number of rotatable bonds is 4. The minimum atomic E-state index is -0.491. The summed E-state index contributed by atoms with van der Waals surface area (Å²) in [5.41, 5.74) is 0.736. The molecule has 0 spiro atoms. The zero-order valence-corrected chi connectivity index (χ0v) is 10.7. The van der Waals surface area contributed by atoms with Gasteiger partial charge in [-0.1, -0.05) is 11.3 Å². The van der Waals surface area contributed by atoms with Crippen molar-refractivity contribution in [2.45, 2.75) is 13.5 Å². The van der Waals surface area contributed by atoms with Crippen LogP contribution in [-0.2, 0) is 20.9 Å². The lowest BCUT2D eigenvalue weighted by molar-refractivity contribution is -0.146. The zero-order valence-electron chi connectivity index (χ0n) is 9.93. The van der Waals surface area contributed by atoms with E-state index in [0.717, 1.165) is 17.0 Å². The van der Waals surface area contributed by atoms with E-state index in [-0.39, 0.29) is 23.9 Å². The van der Waals surface area contributed by atoms with Crippen molar-refractivity contribution in [3.05, 3.63) is 20.7 Å². The topological polar surface area (TPSA) is 68.6 Å². The largest absolute Gasteiger partial charge is 0.468 e. The minimum absolute atomic E-state index is 0.0539. The van der Waals surface area contributed by atoms with Crippen molar-refractivity contribution in [3.8, 4) is 0 Å². The highest BCUT2D eigenvalue weighted by molar-refractivity contribution is 7.07. The molecule has 0 saturated carbocycles. The molecule has 1 amide bonds. The summed E-state index contributed by atoms with van der Waals surface area (Å²) in [7, 11) is 2.75. The van der Waals surface area contributed by atoms with Crippen LogP contribution in [0.2, 0.25) is 0 Å². The number of aryl methyl sites for hydroxylation is 1. The van der Waals surface area contributed by atoms with Crippen LogP contribution in [0.5, 0.6) is 0 Å². The van der Waals surface area contributed by atoms with E-state index < -0.39 is 5.97 Å². The van der Waals surface area contributed by atoms with Crippen molar-refractivity contribution in [2.75, 3.05) is 20.7 Å². The maximum absolute atomic E-state index is 11.7. The monoisotopic (exact) mass is 258 g/mol. The maximum atomic E-state index is 11.7. The zero-order chi connectivity index (χ0) is 13.0. The third kappa shape index (κ3) is 3.42. The van der Waals surface area contributed by atoms with E-state index >= 15 is 0 Å². The molecule has 17 heavy (non-hydrogen) atoms. The average molecular weight is 258 g/mol. The predicted molar refractivity (Wildman–Crippen MR) is 63.0 cm³/mol. The molecule has 0 aliphatic rings. The van der Waals surface area contributed by atoms with Crippen LogP contribution >= 0.6 is 11.3 Å². The van der Waals surface area contributed by atoms with E-state index in [9.17, 15) is 14.4 Å². The number of aromatic nitrogens is 1. The van der Waals surface area contributed by atoms with Crippen LogP contribution in [0.4, 0.5) is 0 Å². The van der Waals surface area contributed by atoms with Crippen LogP contribution in [-0.4, -0.2) is 42.0 Å². The molecule has 1 heterocycles. The number of carbonyl (C=O) groups is 2. The summed E-state index contributed by atoms with van der Waals surface area (Å²) in [5.74, 6) is -0.797. The van der Waals surface area contributed by atoms with Crippen LogP contribution in [0.1, 0.15) is 5.69 Å². The second-order valence-electron chi connectivity index (χ2n) is 3.56. The third-order valence-corrected chi connectivity index (χ3v) is 3.17. The van der Waals surface area contributed by atoms with Crippen molar-refractivity contribution in [1.29, 1.82) is 0 Å². The van der Waals surface area contributed by atoms with Gasteiger partial charge in [0.1, 0.15) is 13.1 Å². The van der Waals surface area contributed by atoms with Gasteiger partial charge >= 0.3 is 10.8 Å². The van der Waals surface area contributed by atoms with Gasteiger partial charge in [-0.05, 0) is 6.92 Å². The SMILES string of the molecule is COC(=O)CN(C)C(=O)Cn1c(C)csc1=O. The average Bonchev–Trinajstić information content (AvgIpc) is 2.60. The Morgan fingerprint density at radius 2 is 2.18 bits per heavy atom. The van der Waals surface area contributed by atoms with Gasteiger partial charge in [-0.25, -0.2) is 0 Å². The van der Waals surface area contributed by atoms with Gasteiger partial charge in [0.2, 0.25) is 5.91 Å². The Labute approximate surface area is 102 Å². The number of amides is 1. The van der Waals surface area contributed by atoms with Gasteiger partial charge in [-0.3, -0.25) is 19.0 Å². The molecule has 0 unspecified atom stereocenters. The van der Waals surface area contributed by atoms with Gasteiger partial charge < -0.3 is 9.64 Å². The first-order valence-corrected chi connectivity index (χ1v) is 5.79. The van der Waals surface area contributed by atoms with Crippen LogP contribution in [0.3, 0.4) is 0 Å². The first kappa shape index (κ1) is 13.4. The third-order valence-electron chi connectivity index (χ3n) is 2.29. The Kier molecular flexibility index (Phi) is 4.45. The van der Waals surface area contributed by atoms with E-state index in [4.69, 9.17) is 0 Å². The van der Waals surface area contributed by atoms with Gasteiger partial charge in [-0.2, -0.15) is 0 Å². The lowest BCUT2D eigenvalue weighted by atomic mass is 10.4. The Morgan fingerprint density at radius 3 is 2.65 bits per heavy atom. The highest BCUT2D eigenvalue weighted by atomic mass is 32.1. The summed E-state index contributed by atoms with van der Waals surface area (Å²) in [4.78, 5) is 35.2. The van der Waals surface area contributed by atoms with E-state index in [0.29, 0.717) is 0 Å². The molecule has 6 nitrogen and oxygen atoms in total. The quantitative estimate of drug-likeness (QED) is 0.704. The second kappa shape index (κ2) is 5.62. The molecule has 0 aliphatic heterocycles. The predicted octanol–water partition coefficient (Wildman–Crippen LogP) is -0.150. The molecule has 0 N–H and O–H groups in total. The Morgan fingerprint density at radius 1 is 1.53 bits per heavy atom. The second-order valence-corrected chi connectivity index (χ2v) is 4.38. The van der Waals surface area contributed by atoms with Crippen LogP contribution in [0.25, 0.3) is 0 Å². The van der Waals surface area contributed by atoms with Crippen molar-refractivity contribution in [2.24, 2.45) is 0 Å². The van der Waals surface area contributed by atoms with Gasteiger partial charge in [0, 0.05) is 18.1 Å². The molecule has 1 aromatic rings. The highest BCUT2D eigenvalue weighted by Crippen LogP contribution is 2.00. The first-order valence-electron chi connectivity index (χ1n) is 4.91. The highest BCUT2D eigenvalue weighted by Gasteiger charge is 2.15. The summed E-state index contributed by atoms with van der Waals surface area (Å²) in [5, 5.41) is 1.69. The number of likely N-dealkylation sites (N-methyl/N-ethyl adjacent to an activating group) is 1. The number of hydrogen-bond acceptors (Lipinski definition) is 5. The molecule has 94 valence electrons. The lowest BCUT2D eigenvalue weighted by Crippen LogP contribution is -2.36. The Balaban J connectivity index is 2.67. The molecule has 0 atom stereocenters. The summed E-state index contributed by atoms with van der Waals surface area (Å²) in [6, 6.07) is 0. The standard InChI is InChI=1S/C10H14N2O4S/c1-7-6-17-10(15)12(7)4-8(13)11(2)5-9(14)16-3/h6H,4-5H2,1-3H3. The van der Waals surface area contributed by atoms with E-state index in [1.165, 1.54) is 23.6 Å². The first-order chi connectivity index (χ1) is 7.95. The van der Waals surface area contributed by atoms with Crippen LogP contribution < -0.4 is 4.87 Å². The van der Waals surface area contributed by atoms with E-state index in [2.05, 4.69) is 4.74 Å². The summed E-state index contributed by atoms with van der Waals surface area (Å²) < 4.78 is 5.83. The summed E-state index contributed by atoms with van der Waals surface area (Å²) >= 11 is 1.05. The minimum Gasteiger partial charge on any atom is -0.468 e. The molecule has 0 bridgehead atoms. The van der Waals surface area contributed by atoms with Gasteiger partial charge in [0.05, 0.1) is 7.11 Å². The molecule has 7 heteroatoms. The van der Waals surface area contributed by atoms with Crippen molar-refractivity contribution in [3.63, 3.8) is 0 Å². The van der Waals surface area contributed by atoms with Gasteiger partial charge in [0.25, 0.3) is 0 Å². The Bertz CT molecular complexity index is 477. The molecule has 1 aromatic heterocycles. The smallest absolute Gasteiger partial charge is 0.325 e. The van der Waals surface area contributed by atoms with Crippen LogP contribution in [0.15, 0.2) is 10.2 Å². The number of carbonyl (C=O) groups excluding carboxylic acids is 2. The molecule has 0 aromatic carbocycles. The molecule has 0 radical (unpaired) electrons. The normalized spacial score (nSPS) is 10.1. The van der Waals surface area contributed by atoms with E-state index in [1.54, 1.807) is 12.3 Å². The number of esters is 1. The lowest BCUT2D eigenvalue weighted by Gasteiger charge is -2.16. The number of thiazole rings is 1. The van der Waals surface area contributed by atoms with Crippen molar-refractivity contribution in [1.82, 2.24) is 9.47 Å². The van der Waals surface area contributed by atoms with Crippen molar-refractivity contribution < 1.29 is 14.3 Å². The molecule has 0 fully saturated rings. The number of methoxy groups -OCH3 is 1. The van der Waals surface area contributed by atoms with E-state index in [1.807, 2.05) is 0 Å². The summed E-state index contributed by atoms with van der Waals surface area (Å²) in [6.07, 6.45) is 0. The fraction of sp³-hybridized carbons (Fsp3) is 0.500. The fourth-order valence-electron chi connectivity index (χ4n) is 1.20. The molecule has 0 aliphatic carbocycles. The maximum Gasteiger partial charge on any atom is 0.325 e. The number of nitrogens with zero attached hydrogens (tertiary/aromatic N) is 2. The molecular weight excluding hydrogens is 244 g/mol.